The van der Waals surface area contributed by atoms with Gasteiger partial charge in [0.15, 0.2) is 15.0 Å². The van der Waals surface area contributed by atoms with Gasteiger partial charge in [-0.25, -0.2) is 0 Å². The molecule has 3 aromatic carbocycles. The molecule has 6 rings (SSSR count). The van der Waals surface area contributed by atoms with Crippen molar-refractivity contribution in [3.8, 4) is 0 Å². The standard InChI is InChI=1S/C33H36F2O3S2/c34-33(35,27-18-16-26(17-19-27)25-10-4-1-5-11-25)31(40(36,37)38)30-22-24-20-21-32(30,23-24)39(28-12-6-2-7-13-28)29-14-8-3-9-15-29/h2-3,6-9,12-19,24-25,30-31H,1,4-5,10-11,20-23H2/p+1. The van der Waals surface area contributed by atoms with Crippen LogP contribution in [0.4, 0.5) is 8.78 Å². The lowest BCUT2D eigenvalue weighted by molar-refractivity contribution is -0.0313. The first-order chi connectivity index (χ1) is 19.2. The Balaban J connectivity index is 1.42. The molecule has 3 saturated carbocycles. The maximum absolute atomic E-state index is 16.6. The van der Waals surface area contributed by atoms with Crippen LogP contribution in [0.5, 0.6) is 0 Å². The summed E-state index contributed by atoms with van der Waals surface area (Å²) in [5, 5.41) is -2.20. The van der Waals surface area contributed by atoms with Crippen LogP contribution in [-0.4, -0.2) is 23.0 Å². The number of rotatable bonds is 8. The van der Waals surface area contributed by atoms with Gasteiger partial charge in [0.2, 0.25) is 0 Å². The van der Waals surface area contributed by atoms with Crippen LogP contribution in [0.25, 0.3) is 0 Å². The van der Waals surface area contributed by atoms with Crippen molar-refractivity contribution >= 4 is 21.0 Å². The van der Waals surface area contributed by atoms with Crippen LogP contribution in [0, 0.1) is 11.8 Å². The third-order valence-electron chi connectivity index (χ3n) is 9.65. The topological polar surface area (TPSA) is 54.4 Å². The summed E-state index contributed by atoms with van der Waals surface area (Å²) < 4.78 is 69.1. The lowest BCUT2D eigenvalue weighted by atomic mass is 9.81. The first-order valence-electron chi connectivity index (χ1n) is 14.5. The maximum Gasteiger partial charge on any atom is 0.292 e. The van der Waals surface area contributed by atoms with E-state index in [1.807, 2.05) is 60.7 Å². The third-order valence-corrected chi connectivity index (χ3v) is 13.9. The quantitative estimate of drug-likeness (QED) is 0.214. The minimum absolute atomic E-state index is 0.168. The van der Waals surface area contributed by atoms with Crippen molar-refractivity contribution in [3.05, 3.63) is 96.1 Å². The molecule has 212 valence electrons. The molecule has 0 heterocycles. The predicted octanol–water partition coefficient (Wildman–Crippen LogP) is 8.38. The molecule has 0 spiro atoms. The Hall–Kier alpha value is -2.22. The maximum atomic E-state index is 16.6. The van der Waals surface area contributed by atoms with E-state index in [4.69, 9.17) is 0 Å². The van der Waals surface area contributed by atoms with Gasteiger partial charge < -0.3 is 0 Å². The highest BCUT2D eigenvalue weighted by Gasteiger charge is 2.71. The van der Waals surface area contributed by atoms with Crippen molar-refractivity contribution in [2.24, 2.45) is 11.8 Å². The Morgan fingerprint density at radius 1 is 0.825 bits per heavy atom. The minimum atomic E-state index is -5.09. The predicted molar refractivity (Wildman–Crippen MR) is 156 cm³/mol. The summed E-state index contributed by atoms with van der Waals surface area (Å²) in [7, 11) is -5.72. The molecule has 3 nitrogen and oxygen atoms in total. The number of halogens is 2. The molecule has 0 saturated heterocycles. The molecule has 4 atom stereocenters. The van der Waals surface area contributed by atoms with Crippen LogP contribution in [0.15, 0.2) is 94.7 Å². The van der Waals surface area contributed by atoms with Crippen LogP contribution in [0.3, 0.4) is 0 Å². The van der Waals surface area contributed by atoms with Crippen LogP contribution >= 0.6 is 0 Å². The molecule has 0 amide bonds. The van der Waals surface area contributed by atoms with E-state index < -0.39 is 42.9 Å². The Labute approximate surface area is 239 Å². The van der Waals surface area contributed by atoms with E-state index in [0.717, 1.165) is 47.5 Å². The monoisotopic (exact) mass is 583 g/mol. The Morgan fingerprint density at radius 2 is 1.40 bits per heavy atom. The smallest absolute Gasteiger partial charge is 0.285 e. The summed E-state index contributed by atoms with van der Waals surface area (Å²) in [5.41, 5.74) is 0.709. The van der Waals surface area contributed by atoms with E-state index in [1.165, 1.54) is 18.6 Å². The molecule has 4 unspecified atom stereocenters. The fourth-order valence-corrected chi connectivity index (χ4v) is 12.6. The third kappa shape index (κ3) is 5.03. The van der Waals surface area contributed by atoms with Crippen molar-refractivity contribution in [1.82, 2.24) is 0 Å². The second-order valence-electron chi connectivity index (χ2n) is 12.0. The summed E-state index contributed by atoms with van der Waals surface area (Å²) in [6.45, 7) is 0. The second-order valence-corrected chi connectivity index (χ2v) is 15.9. The SMILES string of the molecule is O=S(=O)(O)C(C1CC2CCC1([S+](c1ccccc1)c1ccccc1)C2)C(F)(F)c1ccc(C2CCCCC2)cc1. The molecule has 3 aliphatic carbocycles. The first-order valence-corrected chi connectivity index (χ1v) is 17.2. The molecule has 7 heteroatoms. The van der Waals surface area contributed by atoms with E-state index in [0.29, 0.717) is 25.2 Å². The lowest BCUT2D eigenvalue weighted by Gasteiger charge is -2.40. The normalized spacial score (nSPS) is 26.3. The molecule has 2 bridgehead atoms. The number of hydrogen-bond acceptors (Lipinski definition) is 2. The van der Waals surface area contributed by atoms with Gasteiger partial charge in [-0.3, -0.25) is 4.55 Å². The molecule has 1 N–H and O–H groups in total. The molecule has 40 heavy (non-hydrogen) atoms. The van der Waals surface area contributed by atoms with Crippen LogP contribution in [-0.2, 0) is 26.9 Å². The molecule has 3 aliphatic rings. The lowest BCUT2D eigenvalue weighted by Crippen LogP contribution is -2.54. The van der Waals surface area contributed by atoms with Gasteiger partial charge in [0.25, 0.3) is 16.0 Å². The van der Waals surface area contributed by atoms with E-state index in [2.05, 4.69) is 0 Å². The summed E-state index contributed by atoms with van der Waals surface area (Å²) in [5.74, 6) is -4.08. The van der Waals surface area contributed by atoms with Crippen molar-refractivity contribution in [1.29, 1.82) is 0 Å². The number of fused-ring (bicyclic) bond motifs is 2. The molecule has 3 aromatic rings. The fraction of sp³-hybridized carbons (Fsp3) is 0.455. The van der Waals surface area contributed by atoms with Crippen molar-refractivity contribution in [3.63, 3.8) is 0 Å². The van der Waals surface area contributed by atoms with Crippen LogP contribution in [0.2, 0.25) is 0 Å². The van der Waals surface area contributed by atoms with Crippen LogP contribution in [0.1, 0.15) is 74.8 Å². The first kappa shape index (κ1) is 27.9. The van der Waals surface area contributed by atoms with Gasteiger partial charge in [0.05, 0.1) is 10.9 Å². The van der Waals surface area contributed by atoms with Gasteiger partial charge >= 0.3 is 0 Å². The summed E-state index contributed by atoms with van der Waals surface area (Å²) in [6.07, 6.45) is 8.22. The van der Waals surface area contributed by atoms with Gasteiger partial charge in [0, 0.05) is 17.9 Å². The molecule has 3 fully saturated rings. The average molecular weight is 584 g/mol. The highest BCUT2D eigenvalue weighted by Crippen LogP contribution is 2.63. The molecule has 0 aromatic heterocycles. The van der Waals surface area contributed by atoms with E-state index >= 15 is 8.78 Å². The van der Waals surface area contributed by atoms with Crippen molar-refractivity contribution < 1.29 is 21.8 Å². The van der Waals surface area contributed by atoms with Crippen molar-refractivity contribution in [2.75, 3.05) is 0 Å². The van der Waals surface area contributed by atoms with Gasteiger partial charge in [0.1, 0.15) is 4.75 Å². The van der Waals surface area contributed by atoms with E-state index in [-0.39, 0.29) is 11.5 Å². The summed E-state index contributed by atoms with van der Waals surface area (Å²) in [6, 6.07) is 26.1. The number of hydrogen-bond donors (Lipinski definition) is 1. The number of alkyl halides is 2. The summed E-state index contributed by atoms with van der Waals surface area (Å²) in [4.78, 5) is 2.05. The zero-order valence-electron chi connectivity index (χ0n) is 22.6. The Morgan fingerprint density at radius 3 is 1.93 bits per heavy atom. The highest BCUT2D eigenvalue weighted by atomic mass is 32.2. The Kier molecular flexibility index (Phi) is 7.60. The molecule has 0 radical (unpaired) electrons. The fourth-order valence-electron chi connectivity index (χ4n) is 7.93. The Bertz CT molecular complexity index is 1370. The average Bonchev–Trinajstić information content (AvgIpc) is 3.53. The van der Waals surface area contributed by atoms with Gasteiger partial charge in [-0.05, 0) is 73.8 Å². The largest absolute Gasteiger partial charge is 0.292 e. The van der Waals surface area contributed by atoms with E-state index in [1.54, 1.807) is 12.1 Å². The second kappa shape index (κ2) is 10.9. The molecular formula is C33H37F2O3S2+. The summed E-state index contributed by atoms with van der Waals surface area (Å²) >= 11 is 0. The van der Waals surface area contributed by atoms with Gasteiger partial charge in [-0.15, -0.1) is 0 Å². The zero-order chi connectivity index (χ0) is 28.0. The zero-order valence-corrected chi connectivity index (χ0v) is 24.2. The van der Waals surface area contributed by atoms with Gasteiger partial charge in [-0.1, -0.05) is 79.9 Å². The van der Waals surface area contributed by atoms with E-state index in [9.17, 15) is 13.0 Å². The molecular weight excluding hydrogens is 546 g/mol. The van der Waals surface area contributed by atoms with Gasteiger partial charge in [-0.2, -0.15) is 17.2 Å². The minimum Gasteiger partial charge on any atom is -0.285 e. The molecule has 0 aliphatic heterocycles. The van der Waals surface area contributed by atoms with Crippen molar-refractivity contribution in [2.45, 2.75) is 89.4 Å². The van der Waals surface area contributed by atoms with Crippen LogP contribution < -0.4 is 0 Å². The number of benzene rings is 3. The highest BCUT2D eigenvalue weighted by molar-refractivity contribution is 7.98.